The molecule has 0 spiro atoms. The van der Waals surface area contributed by atoms with E-state index >= 15 is 0 Å². The summed E-state index contributed by atoms with van der Waals surface area (Å²) in [7, 11) is 0. The molecule has 0 atom stereocenters. The summed E-state index contributed by atoms with van der Waals surface area (Å²) >= 11 is 0. The molecule has 50 heavy (non-hydrogen) atoms. The zero-order valence-electron chi connectivity index (χ0n) is 26.7. The molecule has 5 heteroatoms. The van der Waals surface area contributed by atoms with Crippen LogP contribution in [0.15, 0.2) is 173 Å². The highest BCUT2D eigenvalue weighted by Gasteiger charge is 2.21. The lowest BCUT2D eigenvalue weighted by molar-refractivity contribution is 0.670. The van der Waals surface area contributed by atoms with Crippen molar-refractivity contribution in [3.05, 3.63) is 164 Å². The van der Waals surface area contributed by atoms with E-state index in [0.717, 1.165) is 82.8 Å². The van der Waals surface area contributed by atoms with Gasteiger partial charge < -0.3 is 8.83 Å². The molecule has 0 saturated heterocycles. The van der Waals surface area contributed by atoms with Crippen LogP contribution in [0.4, 0.5) is 0 Å². The minimum absolute atomic E-state index is 0.559. The number of hydrogen-bond donors (Lipinski definition) is 0. The van der Waals surface area contributed by atoms with Crippen molar-refractivity contribution in [2.45, 2.75) is 0 Å². The zero-order chi connectivity index (χ0) is 33.0. The molecule has 0 unspecified atom stereocenters. The number of fused-ring (bicyclic) bond motifs is 6. The third kappa shape index (κ3) is 4.60. The molecule has 3 aromatic heterocycles. The first kappa shape index (κ1) is 28.2. The molecular formula is C45H27N3O2. The molecule has 0 aliphatic heterocycles. The van der Waals surface area contributed by atoms with Crippen molar-refractivity contribution >= 4 is 43.9 Å². The second-order valence-electron chi connectivity index (χ2n) is 12.4. The largest absolute Gasteiger partial charge is 0.455 e. The smallest absolute Gasteiger partial charge is 0.164 e. The average molecular weight is 642 g/mol. The summed E-state index contributed by atoms with van der Waals surface area (Å²) in [6, 6.07) is 55.6. The molecule has 7 aromatic carbocycles. The summed E-state index contributed by atoms with van der Waals surface area (Å²) in [5, 5.41) is 4.23. The Hall–Kier alpha value is -6.85. The molecule has 0 bridgehead atoms. The molecule has 0 amide bonds. The van der Waals surface area contributed by atoms with Crippen molar-refractivity contribution < 1.29 is 8.83 Å². The third-order valence-corrected chi connectivity index (χ3v) is 9.36. The van der Waals surface area contributed by atoms with Crippen LogP contribution in [-0.2, 0) is 0 Å². The number of furan rings is 2. The van der Waals surface area contributed by atoms with Crippen LogP contribution in [0.25, 0.3) is 100 Å². The van der Waals surface area contributed by atoms with Crippen molar-refractivity contribution in [2.75, 3.05) is 0 Å². The van der Waals surface area contributed by atoms with E-state index in [-0.39, 0.29) is 0 Å². The number of hydrogen-bond acceptors (Lipinski definition) is 5. The van der Waals surface area contributed by atoms with Gasteiger partial charge in [0, 0.05) is 49.4 Å². The quantitative estimate of drug-likeness (QED) is 0.187. The first-order valence-electron chi connectivity index (χ1n) is 16.6. The van der Waals surface area contributed by atoms with Gasteiger partial charge in [0.05, 0.1) is 0 Å². The summed E-state index contributed by atoms with van der Waals surface area (Å²) < 4.78 is 13.2. The van der Waals surface area contributed by atoms with Gasteiger partial charge in [-0.25, -0.2) is 15.0 Å². The third-order valence-electron chi connectivity index (χ3n) is 9.36. The Labute approximate surface area is 287 Å². The minimum atomic E-state index is 0.559. The monoisotopic (exact) mass is 641 g/mol. The molecule has 5 nitrogen and oxygen atoms in total. The maximum absolute atomic E-state index is 6.60. The Kier molecular flexibility index (Phi) is 6.42. The molecule has 0 fully saturated rings. The molecule has 0 radical (unpaired) electrons. The number of nitrogens with zero attached hydrogens (tertiary/aromatic N) is 3. The van der Waals surface area contributed by atoms with Crippen molar-refractivity contribution in [3.8, 4) is 56.4 Å². The van der Waals surface area contributed by atoms with E-state index in [1.54, 1.807) is 0 Å². The van der Waals surface area contributed by atoms with Crippen LogP contribution in [-0.4, -0.2) is 15.0 Å². The predicted molar refractivity (Wildman–Crippen MR) is 202 cm³/mol. The lowest BCUT2D eigenvalue weighted by Gasteiger charge is -2.12. The summed E-state index contributed by atoms with van der Waals surface area (Å²) in [6.07, 6.45) is 0. The maximum atomic E-state index is 6.60. The van der Waals surface area contributed by atoms with E-state index in [4.69, 9.17) is 23.8 Å². The van der Waals surface area contributed by atoms with Gasteiger partial charge >= 0.3 is 0 Å². The van der Waals surface area contributed by atoms with Crippen LogP contribution < -0.4 is 0 Å². The standard InChI is InChI=1S/C45H27N3O2/c1-4-13-28(14-5-1)32-20-12-21-35-34-24-23-31(27-39(34)50-41(32)35)44-46-43(30-17-8-3-9-18-30)47-45(48-44)37-26-25-36-33-19-10-11-22-38(33)49-42(36)40(37)29-15-6-2-7-16-29/h1-27H. The van der Waals surface area contributed by atoms with Crippen LogP contribution in [0.3, 0.4) is 0 Å². The van der Waals surface area contributed by atoms with Gasteiger partial charge in [-0.05, 0) is 41.5 Å². The van der Waals surface area contributed by atoms with E-state index in [9.17, 15) is 0 Å². The van der Waals surface area contributed by atoms with E-state index in [0.29, 0.717) is 17.5 Å². The molecule has 3 heterocycles. The number of rotatable bonds is 5. The fourth-order valence-electron chi connectivity index (χ4n) is 6.99. The van der Waals surface area contributed by atoms with Crippen LogP contribution in [0.5, 0.6) is 0 Å². The molecule has 0 aliphatic carbocycles. The Morgan fingerprint density at radius 1 is 0.320 bits per heavy atom. The lowest BCUT2D eigenvalue weighted by atomic mass is 9.96. The first-order valence-corrected chi connectivity index (χ1v) is 16.6. The SMILES string of the molecule is c1ccc(-c2nc(-c3ccc4c(c3)oc3c(-c5ccccc5)cccc34)nc(-c3ccc4c(oc5ccccc54)c3-c3ccccc3)n2)cc1. The van der Waals surface area contributed by atoms with Crippen LogP contribution in [0.1, 0.15) is 0 Å². The average Bonchev–Trinajstić information content (AvgIpc) is 3.76. The van der Waals surface area contributed by atoms with Crippen molar-refractivity contribution in [1.29, 1.82) is 0 Å². The van der Waals surface area contributed by atoms with Gasteiger partial charge in [-0.2, -0.15) is 0 Å². The highest BCUT2D eigenvalue weighted by atomic mass is 16.3. The number of benzene rings is 7. The highest BCUT2D eigenvalue weighted by Crippen LogP contribution is 2.42. The van der Waals surface area contributed by atoms with E-state index in [2.05, 4.69) is 72.8 Å². The Balaban J connectivity index is 1.20. The topological polar surface area (TPSA) is 65.0 Å². The van der Waals surface area contributed by atoms with Gasteiger partial charge in [0.2, 0.25) is 0 Å². The Morgan fingerprint density at radius 2 is 0.880 bits per heavy atom. The van der Waals surface area contributed by atoms with Crippen LogP contribution >= 0.6 is 0 Å². The second kappa shape index (κ2) is 11.4. The number of aromatic nitrogens is 3. The van der Waals surface area contributed by atoms with Gasteiger partial charge in [0.15, 0.2) is 17.5 Å². The summed E-state index contributed by atoms with van der Waals surface area (Å²) in [6.45, 7) is 0. The van der Waals surface area contributed by atoms with Crippen LogP contribution in [0, 0.1) is 0 Å². The maximum Gasteiger partial charge on any atom is 0.164 e. The summed E-state index contributed by atoms with van der Waals surface area (Å²) in [5.74, 6) is 1.71. The Bertz CT molecular complexity index is 2860. The fourth-order valence-corrected chi connectivity index (χ4v) is 6.99. The normalized spacial score (nSPS) is 11.6. The number of para-hydroxylation sites is 2. The molecular weight excluding hydrogens is 615 g/mol. The molecule has 234 valence electrons. The second-order valence-corrected chi connectivity index (χ2v) is 12.4. The van der Waals surface area contributed by atoms with E-state index in [1.165, 1.54) is 0 Å². The van der Waals surface area contributed by atoms with Gasteiger partial charge in [0.1, 0.15) is 22.3 Å². The van der Waals surface area contributed by atoms with Crippen molar-refractivity contribution in [3.63, 3.8) is 0 Å². The minimum Gasteiger partial charge on any atom is -0.455 e. The molecule has 10 rings (SSSR count). The van der Waals surface area contributed by atoms with Crippen molar-refractivity contribution in [2.24, 2.45) is 0 Å². The highest BCUT2D eigenvalue weighted by molar-refractivity contribution is 6.13. The predicted octanol–water partition coefficient (Wildman–Crippen LogP) is 12.0. The van der Waals surface area contributed by atoms with Crippen LogP contribution in [0.2, 0.25) is 0 Å². The fraction of sp³-hybridized carbons (Fsp3) is 0. The van der Waals surface area contributed by atoms with E-state index < -0.39 is 0 Å². The lowest BCUT2D eigenvalue weighted by Crippen LogP contribution is -2.01. The molecule has 0 N–H and O–H groups in total. The summed E-state index contributed by atoms with van der Waals surface area (Å²) in [4.78, 5) is 15.3. The van der Waals surface area contributed by atoms with Gasteiger partial charge in [-0.15, -0.1) is 0 Å². The molecule has 10 aromatic rings. The van der Waals surface area contributed by atoms with Gasteiger partial charge in [-0.3, -0.25) is 0 Å². The summed E-state index contributed by atoms with van der Waals surface area (Å²) in [5.41, 5.74) is 10.0. The van der Waals surface area contributed by atoms with Gasteiger partial charge in [-0.1, -0.05) is 133 Å². The molecule has 0 saturated carbocycles. The van der Waals surface area contributed by atoms with E-state index in [1.807, 2.05) is 91.0 Å². The molecule has 0 aliphatic rings. The zero-order valence-corrected chi connectivity index (χ0v) is 26.7. The Morgan fingerprint density at radius 3 is 1.66 bits per heavy atom. The first-order chi connectivity index (χ1) is 24.8. The van der Waals surface area contributed by atoms with Gasteiger partial charge in [0.25, 0.3) is 0 Å². The van der Waals surface area contributed by atoms with Crippen molar-refractivity contribution in [1.82, 2.24) is 15.0 Å².